The number of nitrogen functional groups attached to an aromatic ring is 1. The van der Waals surface area contributed by atoms with E-state index in [4.69, 9.17) is 5.73 Å². The number of nitrogens with two attached hydrogens (primary N) is 1. The van der Waals surface area contributed by atoms with Crippen molar-refractivity contribution in [1.82, 2.24) is 9.88 Å². The summed E-state index contributed by atoms with van der Waals surface area (Å²) in [7, 11) is 0. The topological polar surface area (TPSA) is 59.2 Å². The third-order valence-corrected chi connectivity index (χ3v) is 3.48. The number of pyridine rings is 1. The van der Waals surface area contributed by atoms with E-state index >= 15 is 0 Å². The lowest BCUT2D eigenvalue weighted by Gasteiger charge is -2.28. The van der Waals surface area contributed by atoms with Crippen LogP contribution in [0.3, 0.4) is 0 Å². The van der Waals surface area contributed by atoms with Gasteiger partial charge in [-0.25, -0.2) is 9.37 Å². The van der Waals surface area contributed by atoms with Gasteiger partial charge < -0.3 is 10.6 Å². The molecule has 2 heterocycles. The monoisotopic (exact) mass is 271 g/mol. The highest BCUT2D eigenvalue weighted by atomic mass is 19.1. The van der Waals surface area contributed by atoms with Crippen LogP contribution in [0.1, 0.15) is 21.6 Å². The average molecular weight is 271 g/mol. The van der Waals surface area contributed by atoms with Crippen LogP contribution in [-0.2, 0) is 13.0 Å². The van der Waals surface area contributed by atoms with Gasteiger partial charge >= 0.3 is 0 Å². The predicted molar refractivity (Wildman–Crippen MR) is 73.5 cm³/mol. The van der Waals surface area contributed by atoms with Gasteiger partial charge in [0.25, 0.3) is 5.91 Å². The highest BCUT2D eigenvalue weighted by molar-refractivity contribution is 5.92. The second kappa shape index (κ2) is 4.92. The van der Waals surface area contributed by atoms with E-state index in [-0.39, 0.29) is 11.6 Å². The van der Waals surface area contributed by atoms with Crippen molar-refractivity contribution in [3.05, 3.63) is 59.2 Å². The minimum atomic E-state index is -0.446. The summed E-state index contributed by atoms with van der Waals surface area (Å²) in [4.78, 5) is 17.9. The summed E-state index contributed by atoms with van der Waals surface area (Å²) in [6, 6.07) is 8.43. The number of carbonyl (C=O) groups is 1. The Balaban J connectivity index is 1.82. The summed E-state index contributed by atoms with van der Waals surface area (Å²) in [6.07, 6.45) is 1.85. The first-order valence-corrected chi connectivity index (χ1v) is 6.41. The van der Waals surface area contributed by atoms with E-state index in [0.717, 1.165) is 18.2 Å². The molecule has 2 aromatic rings. The van der Waals surface area contributed by atoms with E-state index in [1.807, 2.05) is 18.2 Å². The first-order chi connectivity index (χ1) is 9.63. The standard InChI is InChI=1S/C15H14FN3O/c16-12-2-4-14(18-8-12)15(20)19-6-5-10-1-3-13(17)7-11(10)9-19/h1-4,7-8H,5-6,9,17H2. The molecule has 1 aromatic heterocycles. The number of fused-ring (bicyclic) bond motifs is 1. The Morgan fingerprint density at radius 2 is 2.10 bits per heavy atom. The van der Waals surface area contributed by atoms with E-state index in [1.165, 1.54) is 17.7 Å². The van der Waals surface area contributed by atoms with Gasteiger partial charge in [0.2, 0.25) is 0 Å². The summed E-state index contributed by atoms with van der Waals surface area (Å²) in [6.45, 7) is 1.15. The van der Waals surface area contributed by atoms with Gasteiger partial charge in [0, 0.05) is 18.8 Å². The highest BCUT2D eigenvalue weighted by Gasteiger charge is 2.22. The van der Waals surface area contributed by atoms with Gasteiger partial charge in [-0.15, -0.1) is 0 Å². The van der Waals surface area contributed by atoms with Crippen molar-refractivity contribution in [2.75, 3.05) is 12.3 Å². The van der Waals surface area contributed by atoms with Crippen LogP contribution >= 0.6 is 0 Å². The summed E-state index contributed by atoms with van der Waals surface area (Å²) in [5, 5.41) is 0. The summed E-state index contributed by atoms with van der Waals surface area (Å²) in [5.74, 6) is -0.628. The molecular formula is C15H14FN3O. The van der Waals surface area contributed by atoms with E-state index in [1.54, 1.807) is 4.90 Å². The molecule has 0 saturated heterocycles. The van der Waals surface area contributed by atoms with Gasteiger partial charge in [-0.3, -0.25) is 4.79 Å². The summed E-state index contributed by atoms with van der Waals surface area (Å²) in [5.41, 5.74) is 9.01. The number of hydrogen-bond acceptors (Lipinski definition) is 3. The van der Waals surface area contributed by atoms with Gasteiger partial charge in [0.05, 0.1) is 6.20 Å². The molecule has 20 heavy (non-hydrogen) atoms. The Labute approximate surface area is 116 Å². The number of halogens is 1. The number of anilines is 1. The zero-order valence-electron chi connectivity index (χ0n) is 10.8. The number of rotatable bonds is 1. The second-order valence-corrected chi connectivity index (χ2v) is 4.87. The Kier molecular flexibility index (Phi) is 3.10. The number of nitrogens with zero attached hydrogens (tertiary/aromatic N) is 2. The first kappa shape index (κ1) is 12.6. The molecule has 0 bridgehead atoms. The summed E-state index contributed by atoms with van der Waals surface area (Å²) >= 11 is 0. The van der Waals surface area contributed by atoms with Crippen LogP contribution < -0.4 is 5.73 Å². The van der Waals surface area contributed by atoms with Crippen molar-refractivity contribution >= 4 is 11.6 Å². The Morgan fingerprint density at radius 3 is 2.85 bits per heavy atom. The molecule has 1 aromatic carbocycles. The molecule has 1 aliphatic heterocycles. The van der Waals surface area contributed by atoms with Gasteiger partial charge in [-0.1, -0.05) is 6.07 Å². The van der Waals surface area contributed by atoms with Crippen molar-refractivity contribution in [2.24, 2.45) is 0 Å². The van der Waals surface area contributed by atoms with Crippen molar-refractivity contribution in [3.63, 3.8) is 0 Å². The fraction of sp³-hybridized carbons (Fsp3) is 0.200. The predicted octanol–water partition coefficient (Wildman–Crippen LogP) is 2.00. The lowest BCUT2D eigenvalue weighted by atomic mass is 9.99. The molecule has 0 atom stereocenters. The van der Waals surface area contributed by atoms with Crippen LogP contribution in [0.5, 0.6) is 0 Å². The minimum absolute atomic E-state index is 0.182. The summed E-state index contributed by atoms with van der Waals surface area (Å²) < 4.78 is 12.8. The molecule has 1 amide bonds. The maximum absolute atomic E-state index is 12.8. The Hall–Kier alpha value is -2.43. The van der Waals surface area contributed by atoms with Gasteiger partial charge in [0.1, 0.15) is 11.5 Å². The average Bonchev–Trinajstić information content (AvgIpc) is 2.46. The number of hydrogen-bond donors (Lipinski definition) is 1. The molecule has 5 heteroatoms. The molecule has 0 fully saturated rings. The van der Waals surface area contributed by atoms with E-state index in [9.17, 15) is 9.18 Å². The largest absolute Gasteiger partial charge is 0.399 e. The smallest absolute Gasteiger partial charge is 0.272 e. The van der Waals surface area contributed by atoms with Crippen LogP contribution in [0.25, 0.3) is 0 Å². The number of aromatic nitrogens is 1. The van der Waals surface area contributed by atoms with Crippen molar-refractivity contribution in [3.8, 4) is 0 Å². The van der Waals surface area contributed by atoms with Crippen molar-refractivity contribution < 1.29 is 9.18 Å². The van der Waals surface area contributed by atoms with Crippen LogP contribution in [0, 0.1) is 5.82 Å². The van der Waals surface area contributed by atoms with E-state index in [0.29, 0.717) is 18.8 Å². The zero-order chi connectivity index (χ0) is 14.1. The fourth-order valence-electron chi connectivity index (χ4n) is 2.41. The van der Waals surface area contributed by atoms with E-state index < -0.39 is 5.82 Å². The second-order valence-electron chi connectivity index (χ2n) is 4.87. The number of carbonyl (C=O) groups excluding carboxylic acids is 1. The molecule has 0 spiro atoms. The van der Waals surface area contributed by atoms with Crippen molar-refractivity contribution in [1.29, 1.82) is 0 Å². The SMILES string of the molecule is Nc1ccc2c(c1)CN(C(=O)c1ccc(F)cn1)CC2. The molecular weight excluding hydrogens is 257 g/mol. The van der Waals surface area contributed by atoms with Crippen LogP contribution in [0.2, 0.25) is 0 Å². The third-order valence-electron chi connectivity index (χ3n) is 3.48. The molecule has 3 rings (SSSR count). The maximum atomic E-state index is 12.8. The first-order valence-electron chi connectivity index (χ1n) is 6.41. The zero-order valence-corrected chi connectivity index (χ0v) is 10.8. The Morgan fingerprint density at radius 1 is 1.25 bits per heavy atom. The Bertz CT molecular complexity index is 655. The van der Waals surface area contributed by atoms with Crippen LogP contribution in [0.15, 0.2) is 36.5 Å². The van der Waals surface area contributed by atoms with E-state index in [2.05, 4.69) is 4.98 Å². The molecule has 1 aliphatic rings. The lowest BCUT2D eigenvalue weighted by Crippen LogP contribution is -2.36. The third kappa shape index (κ3) is 2.34. The van der Waals surface area contributed by atoms with Crippen LogP contribution in [0.4, 0.5) is 10.1 Å². The van der Waals surface area contributed by atoms with Crippen LogP contribution in [-0.4, -0.2) is 22.3 Å². The maximum Gasteiger partial charge on any atom is 0.272 e. The molecule has 0 unspecified atom stereocenters. The molecule has 2 N–H and O–H groups in total. The van der Waals surface area contributed by atoms with Crippen molar-refractivity contribution in [2.45, 2.75) is 13.0 Å². The molecule has 4 nitrogen and oxygen atoms in total. The highest BCUT2D eigenvalue weighted by Crippen LogP contribution is 2.22. The molecule has 0 aliphatic carbocycles. The van der Waals surface area contributed by atoms with Gasteiger partial charge in [0.15, 0.2) is 0 Å². The molecule has 0 saturated carbocycles. The molecule has 0 radical (unpaired) electrons. The quantitative estimate of drug-likeness (QED) is 0.807. The number of benzene rings is 1. The molecule has 102 valence electrons. The lowest BCUT2D eigenvalue weighted by molar-refractivity contribution is 0.0728. The minimum Gasteiger partial charge on any atom is -0.399 e. The van der Waals surface area contributed by atoms with Gasteiger partial charge in [-0.05, 0) is 41.8 Å². The fourth-order valence-corrected chi connectivity index (χ4v) is 2.41. The number of amides is 1. The normalized spacial score (nSPS) is 13.9. The van der Waals surface area contributed by atoms with Gasteiger partial charge in [-0.2, -0.15) is 0 Å².